The van der Waals surface area contributed by atoms with Crippen LogP contribution in [0.5, 0.6) is 0 Å². The fraction of sp³-hybridized carbons (Fsp3) is 0.400. The molecule has 6 nitrogen and oxygen atoms in total. The number of hydrogen-bond donors (Lipinski definition) is 3. The topological polar surface area (TPSA) is 102 Å². The molecule has 0 saturated carbocycles. The number of aliphatic hydroxyl groups excluding tert-OH is 1. The van der Waals surface area contributed by atoms with Gasteiger partial charge in [0.1, 0.15) is 16.4 Å². The first kappa shape index (κ1) is 15.8. The van der Waals surface area contributed by atoms with E-state index in [1.165, 1.54) is 0 Å². The van der Waals surface area contributed by atoms with Crippen LogP contribution in [0.2, 0.25) is 0 Å². The number of anilines is 1. The number of ether oxygens (including phenoxy) is 1. The van der Waals surface area contributed by atoms with Crippen molar-refractivity contribution in [1.29, 1.82) is 0 Å². The molecule has 0 aliphatic carbocycles. The highest BCUT2D eigenvalue weighted by molar-refractivity contribution is 7.89. The van der Waals surface area contributed by atoms with Gasteiger partial charge in [-0.05, 0) is 12.1 Å². The van der Waals surface area contributed by atoms with E-state index in [4.69, 9.17) is 15.6 Å². The van der Waals surface area contributed by atoms with E-state index in [0.717, 1.165) is 12.1 Å². The van der Waals surface area contributed by atoms with Crippen LogP contribution in [0, 0.1) is 11.6 Å². The first-order valence-electron chi connectivity index (χ1n) is 5.32. The predicted molar refractivity (Wildman–Crippen MR) is 63.9 cm³/mol. The van der Waals surface area contributed by atoms with Gasteiger partial charge in [-0.15, -0.1) is 0 Å². The summed E-state index contributed by atoms with van der Waals surface area (Å²) in [4.78, 5) is -0.728. The number of nitrogens with one attached hydrogen (secondary N) is 1. The van der Waals surface area contributed by atoms with Gasteiger partial charge >= 0.3 is 0 Å². The molecule has 0 unspecified atom stereocenters. The van der Waals surface area contributed by atoms with E-state index in [-0.39, 0.29) is 26.4 Å². The summed E-state index contributed by atoms with van der Waals surface area (Å²) in [6, 6.07) is 1.56. The largest absolute Gasteiger partial charge is 0.394 e. The third-order valence-corrected chi connectivity index (χ3v) is 3.63. The van der Waals surface area contributed by atoms with Crippen LogP contribution in [0.15, 0.2) is 17.0 Å². The molecule has 0 fully saturated rings. The fourth-order valence-corrected chi connectivity index (χ4v) is 2.35. The van der Waals surface area contributed by atoms with Crippen LogP contribution in [0.3, 0.4) is 0 Å². The van der Waals surface area contributed by atoms with E-state index in [2.05, 4.69) is 4.72 Å². The van der Waals surface area contributed by atoms with Crippen molar-refractivity contribution in [3.05, 3.63) is 23.8 Å². The molecule has 0 radical (unpaired) electrons. The van der Waals surface area contributed by atoms with Gasteiger partial charge in [0.25, 0.3) is 0 Å². The third-order valence-electron chi connectivity index (χ3n) is 2.15. The Morgan fingerprint density at radius 3 is 2.63 bits per heavy atom. The lowest BCUT2D eigenvalue weighted by Gasteiger charge is -2.09. The first-order chi connectivity index (χ1) is 8.90. The zero-order valence-corrected chi connectivity index (χ0v) is 10.7. The summed E-state index contributed by atoms with van der Waals surface area (Å²) in [5, 5.41) is 8.43. The second-order valence-corrected chi connectivity index (χ2v) is 5.24. The number of halogens is 2. The minimum Gasteiger partial charge on any atom is -0.394 e. The van der Waals surface area contributed by atoms with Gasteiger partial charge in [0.05, 0.1) is 19.8 Å². The highest BCUT2D eigenvalue weighted by atomic mass is 32.2. The van der Waals surface area contributed by atoms with E-state index < -0.39 is 32.2 Å². The Kier molecular flexibility index (Phi) is 5.60. The number of nitrogen functional groups attached to an aromatic ring is 1. The summed E-state index contributed by atoms with van der Waals surface area (Å²) in [6.45, 7) is -0.216. The lowest BCUT2D eigenvalue weighted by atomic mass is 10.3. The molecule has 0 saturated heterocycles. The van der Waals surface area contributed by atoms with Crippen molar-refractivity contribution in [2.24, 2.45) is 0 Å². The number of hydrogen-bond acceptors (Lipinski definition) is 5. The van der Waals surface area contributed by atoms with Crippen LogP contribution >= 0.6 is 0 Å². The van der Waals surface area contributed by atoms with Crippen molar-refractivity contribution in [2.75, 3.05) is 32.1 Å². The molecule has 9 heteroatoms. The maximum absolute atomic E-state index is 13.5. The summed E-state index contributed by atoms with van der Waals surface area (Å²) >= 11 is 0. The number of rotatable bonds is 7. The number of benzene rings is 1. The fourth-order valence-electron chi connectivity index (χ4n) is 1.25. The second kappa shape index (κ2) is 6.75. The number of aliphatic hydroxyl groups is 1. The van der Waals surface area contributed by atoms with Crippen LogP contribution < -0.4 is 10.5 Å². The molecule has 0 aliphatic heterocycles. The molecule has 19 heavy (non-hydrogen) atoms. The molecule has 0 heterocycles. The van der Waals surface area contributed by atoms with Gasteiger partial charge in [0.2, 0.25) is 10.0 Å². The summed E-state index contributed by atoms with van der Waals surface area (Å²) in [7, 11) is -4.13. The lowest BCUT2D eigenvalue weighted by molar-refractivity contribution is 0.0961. The standard InChI is InChI=1S/C10H14F2N2O4S/c11-7-1-2-8(9(12)10(7)13)19(16,17)14-3-5-18-6-4-15/h1-2,14-15H,3-6,13H2. The van der Waals surface area contributed by atoms with Crippen molar-refractivity contribution < 1.29 is 27.0 Å². The van der Waals surface area contributed by atoms with Gasteiger partial charge in [-0.2, -0.15) is 0 Å². The zero-order chi connectivity index (χ0) is 14.5. The van der Waals surface area contributed by atoms with Crippen molar-refractivity contribution in [3.63, 3.8) is 0 Å². The predicted octanol–water partition coefficient (Wildman–Crippen LogP) is -0.166. The van der Waals surface area contributed by atoms with E-state index in [1.807, 2.05) is 0 Å². The normalized spacial score (nSPS) is 11.7. The Morgan fingerprint density at radius 2 is 2.00 bits per heavy atom. The van der Waals surface area contributed by atoms with Gasteiger partial charge in [0, 0.05) is 6.54 Å². The van der Waals surface area contributed by atoms with Crippen molar-refractivity contribution >= 4 is 15.7 Å². The first-order valence-corrected chi connectivity index (χ1v) is 6.80. The summed E-state index contributed by atoms with van der Waals surface area (Å²) in [5.74, 6) is -2.36. The van der Waals surface area contributed by atoms with Gasteiger partial charge in [-0.1, -0.05) is 0 Å². The van der Waals surface area contributed by atoms with Gasteiger partial charge < -0.3 is 15.6 Å². The van der Waals surface area contributed by atoms with Crippen LogP contribution in [0.1, 0.15) is 0 Å². The quantitative estimate of drug-likeness (QED) is 0.479. The molecule has 1 aromatic carbocycles. The third kappa shape index (κ3) is 4.10. The Morgan fingerprint density at radius 1 is 1.32 bits per heavy atom. The van der Waals surface area contributed by atoms with Crippen molar-refractivity contribution in [3.8, 4) is 0 Å². The maximum atomic E-state index is 13.5. The lowest BCUT2D eigenvalue weighted by Crippen LogP contribution is -2.28. The molecule has 0 atom stereocenters. The molecule has 1 rings (SSSR count). The minimum atomic E-state index is -4.13. The van der Waals surface area contributed by atoms with Crippen LogP contribution in [0.4, 0.5) is 14.5 Å². The van der Waals surface area contributed by atoms with E-state index in [1.54, 1.807) is 0 Å². The molecule has 0 spiro atoms. The summed E-state index contributed by atoms with van der Waals surface area (Å²) in [6.07, 6.45) is 0. The Hall–Kier alpha value is -1.29. The number of nitrogens with two attached hydrogens (primary N) is 1. The highest BCUT2D eigenvalue weighted by Gasteiger charge is 2.22. The van der Waals surface area contributed by atoms with Gasteiger partial charge in [-0.25, -0.2) is 21.9 Å². The zero-order valence-electron chi connectivity index (χ0n) is 9.90. The average Bonchev–Trinajstić information content (AvgIpc) is 2.35. The van der Waals surface area contributed by atoms with Gasteiger partial charge in [0.15, 0.2) is 5.82 Å². The molecule has 108 valence electrons. The van der Waals surface area contributed by atoms with E-state index in [0.29, 0.717) is 0 Å². The summed E-state index contributed by atoms with van der Waals surface area (Å²) < 4.78 is 56.8. The maximum Gasteiger partial charge on any atom is 0.243 e. The smallest absolute Gasteiger partial charge is 0.243 e. The van der Waals surface area contributed by atoms with Crippen LogP contribution in [-0.2, 0) is 14.8 Å². The van der Waals surface area contributed by atoms with E-state index >= 15 is 0 Å². The molecule has 4 N–H and O–H groups in total. The highest BCUT2D eigenvalue weighted by Crippen LogP contribution is 2.22. The average molecular weight is 296 g/mol. The van der Waals surface area contributed by atoms with E-state index in [9.17, 15) is 17.2 Å². The molecule has 0 amide bonds. The summed E-state index contributed by atoms with van der Waals surface area (Å²) in [5.41, 5.74) is 4.23. The Bertz CT molecular complexity index is 537. The van der Waals surface area contributed by atoms with Crippen molar-refractivity contribution in [1.82, 2.24) is 4.72 Å². The van der Waals surface area contributed by atoms with Crippen LogP contribution in [0.25, 0.3) is 0 Å². The number of sulfonamides is 1. The van der Waals surface area contributed by atoms with Crippen LogP contribution in [-0.4, -0.2) is 39.9 Å². The Balaban J connectivity index is 2.75. The molecular weight excluding hydrogens is 282 g/mol. The molecule has 0 aliphatic rings. The molecule has 0 bridgehead atoms. The molecular formula is C10H14F2N2O4S. The van der Waals surface area contributed by atoms with Crippen molar-refractivity contribution in [2.45, 2.75) is 4.90 Å². The minimum absolute atomic E-state index is 0.0120. The SMILES string of the molecule is Nc1c(F)ccc(S(=O)(=O)NCCOCCO)c1F. The molecule has 0 aromatic heterocycles. The molecule has 1 aromatic rings. The monoisotopic (exact) mass is 296 g/mol. The van der Waals surface area contributed by atoms with Gasteiger partial charge in [-0.3, -0.25) is 0 Å². The Labute approximate surface area is 109 Å². The second-order valence-electron chi connectivity index (χ2n) is 3.51.